The van der Waals surface area contributed by atoms with Gasteiger partial charge < -0.3 is 24.6 Å². The number of hydrogen-bond donors (Lipinski definition) is 3. The first-order valence-corrected chi connectivity index (χ1v) is 11.8. The monoisotopic (exact) mass is 473 g/mol. The van der Waals surface area contributed by atoms with E-state index in [-0.39, 0.29) is 23.8 Å². The molecule has 3 aromatic carbocycles. The molecule has 33 heavy (non-hydrogen) atoms. The van der Waals surface area contributed by atoms with Crippen LogP contribution in [0.1, 0.15) is 0 Å². The molecule has 3 N–H and O–H groups in total. The van der Waals surface area contributed by atoms with Crippen LogP contribution in [0.4, 0.5) is 5.69 Å². The van der Waals surface area contributed by atoms with Crippen LogP contribution in [0.25, 0.3) is 0 Å². The van der Waals surface area contributed by atoms with Gasteiger partial charge in [0.1, 0.15) is 29.6 Å². The molecule has 9 heteroatoms. The molecule has 0 spiro atoms. The summed E-state index contributed by atoms with van der Waals surface area (Å²) in [4.78, 5) is 1.18. The predicted octanol–water partition coefficient (Wildman–Crippen LogP) is 2.62. The van der Waals surface area contributed by atoms with Gasteiger partial charge in [-0.2, -0.15) is 8.42 Å². The number of nitrogens with zero attached hydrogens (tertiary/aromatic N) is 1. The highest BCUT2D eigenvalue weighted by Crippen LogP contribution is 2.29. The zero-order valence-electron chi connectivity index (χ0n) is 17.9. The molecule has 2 unspecified atom stereocenters. The molecule has 0 saturated heterocycles. The summed E-state index contributed by atoms with van der Waals surface area (Å²) in [5.74, 6) is 1.14. The zero-order valence-corrected chi connectivity index (χ0v) is 18.7. The lowest BCUT2D eigenvalue weighted by Crippen LogP contribution is -2.52. The molecule has 0 aliphatic rings. The smallest absolute Gasteiger partial charge is 0.296 e. The maximum Gasteiger partial charge on any atom is 0.296 e. The number of ether oxygens (including phenoxy) is 2. The fraction of sp³-hybridized carbons (Fsp3) is 0.250. The fourth-order valence-corrected chi connectivity index (χ4v) is 4.13. The minimum Gasteiger partial charge on any atom is -0.491 e. The van der Waals surface area contributed by atoms with E-state index in [0.717, 1.165) is 0 Å². The van der Waals surface area contributed by atoms with Crippen LogP contribution in [0.3, 0.4) is 0 Å². The summed E-state index contributed by atoms with van der Waals surface area (Å²) >= 11 is 0. The van der Waals surface area contributed by atoms with E-state index in [4.69, 9.17) is 9.47 Å². The second-order valence-electron chi connectivity index (χ2n) is 7.27. The van der Waals surface area contributed by atoms with Gasteiger partial charge in [0.25, 0.3) is 10.1 Å². The SMILES string of the molecule is O=S(=O)(O)c1ccccc1N(C(CO)COc1ccccc1)C(CO)COc1ccccc1. The maximum absolute atomic E-state index is 12.1. The Labute approximate surface area is 193 Å². The van der Waals surface area contributed by atoms with Crippen LogP contribution in [-0.4, -0.2) is 61.7 Å². The molecule has 8 nitrogen and oxygen atoms in total. The van der Waals surface area contributed by atoms with Crippen molar-refractivity contribution in [3.05, 3.63) is 84.9 Å². The molecule has 0 aromatic heterocycles. The molecule has 0 aliphatic carbocycles. The minimum absolute atomic E-state index is 0.0117. The number of hydrogen-bond acceptors (Lipinski definition) is 7. The van der Waals surface area contributed by atoms with Crippen molar-refractivity contribution in [2.45, 2.75) is 17.0 Å². The van der Waals surface area contributed by atoms with Crippen LogP contribution < -0.4 is 14.4 Å². The van der Waals surface area contributed by atoms with Gasteiger partial charge in [-0.1, -0.05) is 48.5 Å². The van der Waals surface area contributed by atoms with Crippen molar-refractivity contribution in [1.82, 2.24) is 0 Å². The molecule has 0 radical (unpaired) electrons. The highest BCUT2D eigenvalue weighted by atomic mass is 32.2. The molecular formula is C24H27NO7S. The van der Waals surface area contributed by atoms with Gasteiger partial charge >= 0.3 is 0 Å². The molecule has 0 bridgehead atoms. The summed E-state index contributed by atoms with van der Waals surface area (Å²) in [7, 11) is -4.58. The quantitative estimate of drug-likeness (QED) is 0.344. The van der Waals surface area contributed by atoms with Crippen LogP contribution in [0.2, 0.25) is 0 Å². The first kappa shape index (κ1) is 24.5. The number of benzene rings is 3. The van der Waals surface area contributed by atoms with Crippen molar-refractivity contribution >= 4 is 15.8 Å². The number of aliphatic hydroxyl groups is 2. The topological polar surface area (TPSA) is 117 Å². The lowest BCUT2D eigenvalue weighted by molar-refractivity contribution is 0.155. The number of para-hydroxylation sites is 3. The lowest BCUT2D eigenvalue weighted by Gasteiger charge is -2.38. The van der Waals surface area contributed by atoms with E-state index < -0.39 is 35.4 Å². The Bertz CT molecular complexity index is 1040. The van der Waals surface area contributed by atoms with Crippen LogP contribution in [0.5, 0.6) is 11.5 Å². The average molecular weight is 474 g/mol. The summed E-state index contributed by atoms with van der Waals surface area (Å²) in [5.41, 5.74) is 0.117. The Morgan fingerprint density at radius 3 is 1.55 bits per heavy atom. The number of aliphatic hydroxyl groups excluding tert-OH is 2. The molecule has 0 aliphatic heterocycles. The first-order chi connectivity index (χ1) is 15.9. The maximum atomic E-state index is 12.1. The third kappa shape index (κ3) is 6.69. The second kappa shape index (κ2) is 11.7. The van der Waals surface area contributed by atoms with E-state index >= 15 is 0 Å². The Kier molecular flexibility index (Phi) is 8.67. The summed E-state index contributed by atoms with van der Waals surface area (Å²) < 4.78 is 45.6. The van der Waals surface area contributed by atoms with E-state index in [1.807, 2.05) is 12.1 Å². The van der Waals surface area contributed by atoms with Crippen LogP contribution in [0.15, 0.2) is 89.8 Å². The molecule has 176 valence electrons. The van der Waals surface area contributed by atoms with E-state index in [1.165, 1.54) is 23.1 Å². The van der Waals surface area contributed by atoms with Gasteiger partial charge in [-0.25, -0.2) is 0 Å². The summed E-state index contributed by atoms with van der Waals surface area (Å²) in [6, 6.07) is 22.3. The Hall–Kier alpha value is -3.11. The standard InChI is InChI=1S/C24H27NO7S/c26-15-19(17-31-21-9-3-1-4-10-21)25(23-13-7-8-14-24(23)33(28,29)30)20(16-27)18-32-22-11-5-2-6-12-22/h1-14,19-20,26-27H,15-18H2,(H,28,29,30). The molecule has 3 aromatic rings. The van der Waals surface area contributed by atoms with Gasteiger partial charge in [0.05, 0.1) is 31.0 Å². The van der Waals surface area contributed by atoms with Crippen LogP contribution in [0, 0.1) is 0 Å². The first-order valence-electron chi connectivity index (χ1n) is 10.4. The van der Waals surface area contributed by atoms with E-state index in [1.54, 1.807) is 54.6 Å². The van der Waals surface area contributed by atoms with Crippen molar-refractivity contribution in [1.29, 1.82) is 0 Å². The van der Waals surface area contributed by atoms with Gasteiger partial charge in [-0.05, 0) is 36.4 Å². The predicted molar refractivity (Wildman–Crippen MR) is 124 cm³/mol. The molecule has 0 amide bonds. The Morgan fingerprint density at radius 1 is 0.697 bits per heavy atom. The van der Waals surface area contributed by atoms with Crippen molar-refractivity contribution in [2.24, 2.45) is 0 Å². The van der Waals surface area contributed by atoms with E-state index in [2.05, 4.69) is 0 Å². The van der Waals surface area contributed by atoms with E-state index in [0.29, 0.717) is 11.5 Å². The Balaban J connectivity index is 1.95. The summed E-state index contributed by atoms with van der Waals surface area (Å²) in [6.07, 6.45) is 0. The van der Waals surface area contributed by atoms with Crippen molar-refractivity contribution in [3.8, 4) is 11.5 Å². The molecule has 0 heterocycles. The third-order valence-electron chi connectivity index (χ3n) is 5.00. The van der Waals surface area contributed by atoms with Gasteiger partial charge in [0.15, 0.2) is 0 Å². The van der Waals surface area contributed by atoms with Crippen molar-refractivity contribution in [2.75, 3.05) is 31.3 Å². The minimum atomic E-state index is -4.58. The normalized spacial score (nSPS) is 13.2. The summed E-state index contributed by atoms with van der Waals surface area (Å²) in [6.45, 7) is -0.840. The molecule has 0 saturated carbocycles. The van der Waals surface area contributed by atoms with E-state index in [9.17, 15) is 23.2 Å². The van der Waals surface area contributed by atoms with Gasteiger partial charge in [0.2, 0.25) is 0 Å². The largest absolute Gasteiger partial charge is 0.491 e. The van der Waals surface area contributed by atoms with Gasteiger partial charge in [-0.3, -0.25) is 4.55 Å². The van der Waals surface area contributed by atoms with Gasteiger partial charge in [0, 0.05) is 0 Å². The zero-order chi connectivity index (χ0) is 23.7. The van der Waals surface area contributed by atoms with Crippen LogP contribution >= 0.6 is 0 Å². The fourth-order valence-electron chi connectivity index (χ4n) is 3.44. The summed E-state index contributed by atoms with van der Waals surface area (Å²) in [5, 5.41) is 20.4. The van der Waals surface area contributed by atoms with Crippen molar-refractivity contribution < 1.29 is 32.7 Å². The Morgan fingerprint density at radius 2 is 1.12 bits per heavy atom. The van der Waals surface area contributed by atoms with Crippen LogP contribution in [-0.2, 0) is 10.1 Å². The third-order valence-corrected chi connectivity index (χ3v) is 5.90. The lowest BCUT2D eigenvalue weighted by atomic mass is 10.1. The molecule has 2 atom stereocenters. The second-order valence-corrected chi connectivity index (χ2v) is 8.66. The van der Waals surface area contributed by atoms with Crippen molar-refractivity contribution in [3.63, 3.8) is 0 Å². The number of anilines is 1. The molecule has 3 rings (SSSR count). The van der Waals surface area contributed by atoms with Gasteiger partial charge in [-0.15, -0.1) is 0 Å². The number of rotatable bonds is 12. The highest BCUT2D eigenvalue weighted by molar-refractivity contribution is 7.86. The highest BCUT2D eigenvalue weighted by Gasteiger charge is 2.31. The molecular weight excluding hydrogens is 446 g/mol. The molecule has 0 fully saturated rings. The average Bonchev–Trinajstić information content (AvgIpc) is 2.84.